The molecule has 1 atom stereocenters. The summed E-state index contributed by atoms with van der Waals surface area (Å²) in [5.74, 6) is 0.974. The highest BCUT2D eigenvalue weighted by Gasteiger charge is 2.16. The van der Waals surface area contributed by atoms with Crippen molar-refractivity contribution in [1.29, 1.82) is 0 Å². The molecule has 1 heterocycles. The lowest BCUT2D eigenvalue weighted by Gasteiger charge is -2.31. The van der Waals surface area contributed by atoms with E-state index in [1.165, 1.54) is 5.56 Å². The molecule has 1 aliphatic heterocycles. The maximum atomic E-state index is 6.01. The van der Waals surface area contributed by atoms with Crippen LogP contribution in [0.5, 0.6) is 0 Å². The van der Waals surface area contributed by atoms with Crippen molar-refractivity contribution in [2.45, 2.75) is 32.7 Å². The van der Waals surface area contributed by atoms with Crippen molar-refractivity contribution in [2.75, 3.05) is 38.2 Å². The molecule has 1 unspecified atom stereocenters. The van der Waals surface area contributed by atoms with Crippen LogP contribution < -0.4 is 11.1 Å². The van der Waals surface area contributed by atoms with Crippen molar-refractivity contribution in [3.63, 3.8) is 0 Å². The number of hydrogen-bond donors (Lipinski definition) is 2. The molecule has 0 bridgehead atoms. The third kappa shape index (κ3) is 5.00. The summed E-state index contributed by atoms with van der Waals surface area (Å²) < 4.78 is 5.37. The first-order valence-corrected chi connectivity index (χ1v) is 8.05. The minimum absolute atomic E-state index is 0.381. The molecule has 0 aliphatic carbocycles. The van der Waals surface area contributed by atoms with E-state index in [1.54, 1.807) is 0 Å². The highest BCUT2D eigenvalue weighted by molar-refractivity contribution is 5.92. The van der Waals surface area contributed by atoms with E-state index in [1.807, 2.05) is 12.1 Å². The fraction of sp³-hybridized carbons (Fsp3) is 0.588. The van der Waals surface area contributed by atoms with Gasteiger partial charge in [0.1, 0.15) is 0 Å². The second kappa shape index (κ2) is 8.15. The zero-order valence-corrected chi connectivity index (χ0v) is 13.9. The fourth-order valence-corrected chi connectivity index (χ4v) is 2.53. The molecule has 1 fully saturated rings. The van der Waals surface area contributed by atoms with E-state index in [0.717, 1.165) is 32.0 Å². The Bertz CT molecular complexity index is 495. The summed E-state index contributed by atoms with van der Waals surface area (Å²) >= 11 is 0. The van der Waals surface area contributed by atoms with Gasteiger partial charge < -0.3 is 15.8 Å². The van der Waals surface area contributed by atoms with Crippen molar-refractivity contribution in [1.82, 2.24) is 4.90 Å². The van der Waals surface area contributed by atoms with Crippen LogP contribution in [-0.4, -0.2) is 49.7 Å². The molecule has 22 heavy (non-hydrogen) atoms. The molecule has 122 valence electrons. The van der Waals surface area contributed by atoms with Gasteiger partial charge >= 0.3 is 0 Å². The third-order valence-electron chi connectivity index (χ3n) is 4.02. The average Bonchev–Trinajstić information content (AvgIpc) is 2.53. The van der Waals surface area contributed by atoms with E-state index in [9.17, 15) is 0 Å². The average molecular weight is 304 g/mol. The molecule has 1 aromatic carbocycles. The first kappa shape index (κ1) is 16.8. The van der Waals surface area contributed by atoms with E-state index in [2.05, 4.69) is 48.1 Å². The first-order chi connectivity index (χ1) is 10.6. The number of morpholine rings is 1. The van der Waals surface area contributed by atoms with Gasteiger partial charge in [0.05, 0.1) is 19.8 Å². The summed E-state index contributed by atoms with van der Waals surface area (Å²) in [6.07, 6.45) is 0. The lowest BCUT2D eigenvalue weighted by Crippen LogP contribution is -2.43. The molecule has 5 nitrogen and oxygen atoms in total. The smallest absolute Gasteiger partial charge is 0.193 e. The lowest BCUT2D eigenvalue weighted by molar-refractivity contribution is 0.0221. The normalized spacial score (nSPS) is 18.5. The van der Waals surface area contributed by atoms with Gasteiger partial charge in [-0.25, -0.2) is 0 Å². The summed E-state index contributed by atoms with van der Waals surface area (Å²) in [5, 5.41) is 3.18. The van der Waals surface area contributed by atoms with Crippen LogP contribution >= 0.6 is 0 Å². The molecule has 0 radical (unpaired) electrons. The quantitative estimate of drug-likeness (QED) is 0.647. The maximum absolute atomic E-state index is 6.01. The van der Waals surface area contributed by atoms with Crippen LogP contribution in [0.4, 0.5) is 5.69 Å². The van der Waals surface area contributed by atoms with Crippen molar-refractivity contribution in [3.8, 4) is 0 Å². The lowest BCUT2D eigenvalue weighted by atomic mass is 10.0. The molecule has 0 amide bonds. The second-order valence-corrected chi connectivity index (χ2v) is 6.13. The van der Waals surface area contributed by atoms with Crippen molar-refractivity contribution in [3.05, 3.63) is 29.8 Å². The van der Waals surface area contributed by atoms with Gasteiger partial charge in [-0.3, -0.25) is 9.89 Å². The Labute approximate surface area is 133 Å². The van der Waals surface area contributed by atoms with Gasteiger partial charge in [-0.2, -0.15) is 0 Å². The van der Waals surface area contributed by atoms with E-state index < -0.39 is 0 Å². The Morgan fingerprint density at radius 2 is 2.05 bits per heavy atom. The number of hydrogen-bond acceptors (Lipinski definition) is 3. The number of ether oxygens (including phenoxy) is 1. The van der Waals surface area contributed by atoms with Gasteiger partial charge in [0.25, 0.3) is 0 Å². The predicted octanol–water partition coefficient (Wildman–Crippen LogP) is 2.26. The van der Waals surface area contributed by atoms with Gasteiger partial charge in [0.15, 0.2) is 5.96 Å². The monoisotopic (exact) mass is 304 g/mol. The van der Waals surface area contributed by atoms with Crippen LogP contribution in [0.2, 0.25) is 0 Å². The van der Waals surface area contributed by atoms with Gasteiger partial charge in [0, 0.05) is 24.8 Å². The Morgan fingerprint density at radius 1 is 1.32 bits per heavy atom. The summed E-state index contributed by atoms with van der Waals surface area (Å²) in [5.41, 5.74) is 8.29. The number of aliphatic imine (C=N–C) groups is 1. The number of nitrogens with two attached hydrogens (primary N) is 1. The van der Waals surface area contributed by atoms with E-state index >= 15 is 0 Å². The molecule has 5 heteroatoms. The SMILES string of the molecule is CC(C)c1cccc(NC(N)=NCC(C)N2CCOCC2)c1. The van der Waals surface area contributed by atoms with E-state index in [4.69, 9.17) is 10.5 Å². The van der Waals surface area contributed by atoms with Crippen LogP contribution in [-0.2, 0) is 4.74 Å². The molecule has 0 spiro atoms. The summed E-state index contributed by atoms with van der Waals surface area (Å²) in [7, 11) is 0. The predicted molar refractivity (Wildman–Crippen MR) is 92.5 cm³/mol. The molecule has 2 rings (SSSR count). The van der Waals surface area contributed by atoms with Gasteiger partial charge in [-0.1, -0.05) is 26.0 Å². The molecular formula is C17H28N4O. The zero-order chi connectivity index (χ0) is 15.9. The fourth-order valence-electron chi connectivity index (χ4n) is 2.53. The number of benzene rings is 1. The zero-order valence-electron chi connectivity index (χ0n) is 13.9. The van der Waals surface area contributed by atoms with Crippen molar-refractivity contribution >= 4 is 11.6 Å². The molecular weight excluding hydrogens is 276 g/mol. The van der Waals surface area contributed by atoms with Crippen LogP contribution in [0.15, 0.2) is 29.3 Å². The standard InChI is InChI=1S/C17H28N4O/c1-13(2)15-5-4-6-16(11-15)20-17(18)19-12-14(3)21-7-9-22-10-8-21/h4-6,11,13-14H,7-10,12H2,1-3H3,(H3,18,19,20). The number of nitrogens with zero attached hydrogens (tertiary/aromatic N) is 2. The Morgan fingerprint density at radius 3 is 2.73 bits per heavy atom. The molecule has 1 saturated heterocycles. The van der Waals surface area contributed by atoms with Gasteiger partial charge in [-0.15, -0.1) is 0 Å². The summed E-state index contributed by atoms with van der Waals surface area (Å²) in [6.45, 7) is 10.8. The van der Waals surface area contributed by atoms with Gasteiger partial charge in [0.2, 0.25) is 0 Å². The van der Waals surface area contributed by atoms with E-state index in [-0.39, 0.29) is 0 Å². The topological polar surface area (TPSA) is 62.9 Å². The highest BCUT2D eigenvalue weighted by Crippen LogP contribution is 2.18. The highest BCUT2D eigenvalue weighted by atomic mass is 16.5. The molecule has 0 saturated carbocycles. The molecule has 1 aliphatic rings. The number of rotatable bonds is 5. The number of nitrogens with one attached hydrogen (secondary N) is 1. The number of guanidine groups is 1. The van der Waals surface area contributed by atoms with Crippen molar-refractivity contribution in [2.24, 2.45) is 10.7 Å². The minimum Gasteiger partial charge on any atom is -0.379 e. The Hall–Kier alpha value is -1.59. The molecule has 0 aromatic heterocycles. The maximum Gasteiger partial charge on any atom is 0.193 e. The number of anilines is 1. The van der Waals surface area contributed by atoms with E-state index in [0.29, 0.717) is 24.5 Å². The largest absolute Gasteiger partial charge is 0.379 e. The second-order valence-electron chi connectivity index (χ2n) is 6.13. The molecule has 3 N–H and O–H groups in total. The van der Waals surface area contributed by atoms with Crippen LogP contribution in [0.25, 0.3) is 0 Å². The summed E-state index contributed by atoms with van der Waals surface area (Å²) in [4.78, 5) is 6.86. The molecule has 1 aromatic rings. The Kier molecular flexibility index (Phi) is 6.21. The summed E-state index contributed by atoms with van der Waals surface area (Å²) in [6, 6.07) is 8.69. The van der Waals surface area contributed by atoms with Crippen LogP contribution in [0, 0.1) is 0 Å². The Balaban J connectivity index is 1.88. The van der Waals surface area contributed by atoms with Crippen LogP contribution in [0.1, 0.15) is 32.3 Å². The third-order valence-corrected chi connectivity index (χ3v) is 4.02. The van der Waals surface area contributed by atoms with Crippen LogP contribution in [0.3, 0.4) is 0 Å². The van der Waals surface area contributed by atoms with Crippen molar-refractivity contribution < 1.29 is 4.74 Å². The first-order valence-electron chi connectivity index (χ1n) is 8.05. The van der Waals surface area contributed by atoms with Gasteiger partial charge in [-0.05, 0) is 30.5 Å². The minimum atomic E-state index is 0.381.